The number of nitrogens with one attached hydrogen (secondary N) is 1. The normalized spacial score (nSPS) is 25.7. The molecule has 0 saturated carbocycles. The summed E-state index contributed by atoms with van der Waals surface area (Å²) < 4.78 is 5.51. The zero-order valence-electron chi connectivity index (χ0n) is 7.48. The molecule has 2 nitrogen and oxygen atoms in total. The van der Waals surface area contributed by atoms with Crippen LogP contribution in [0.15, 0.2) is 11.6 Å². The van der Waals surface area contributed by atoms with Gasteiger partial charge in [-0.05, 0) is 19.8 Å². The molecular weight excluding hydrogens is 174 g/mol. The van der Waals surface area contributed by atoms with E-state index in [1.54, 1.807) is 0 Å². The van der Waals surface area contributed by atoms with Crippen LogP contribution in [-0.2, 0) is 4.74 Å². The van der Waals surface area contributed by atoms with Crippen molar-refractivity contribution >= 4 is 11.6 Å². The summed E-state index contributed by atoms with van der Waals surface area (Å²) in [4.78, 5) is 0. The molecule has 1 aliphatic heterocycles. The van der Waals surface area contributed by atoms with Crippen LogP contribution in [0.2, 0.25) is 0 Å². The van der Waals surface area contributed by atoms with Gasteiger partial charge in [0.1, 0.15) is 0 Å². The average Bonchev–Trinajstić information content (AvgIpc) is 2.51. The van der Waals surface area contributed by atoms with Crippen LogP contribution in [0.25, 0.3) is 0 Å². The maximum atomic E-state index is 5.63. The number of halogens is 1. The van der Waals surface area contributed by atoms with E-state index in [1.807, 2.05) is 0 Å². The summed E-state index contributed by atoms with van der Waals surface area (Å²) >= 11 is 5.63. The van der Waals surface area contributed by atoms with Crippen LogP contribution < -0.4 is 5.32 Å². The van der Waals surface area contributed by atoms with Crippen LogP contribution in [0, 0.1) is 0 Å². The Balaban J connectivity index is 2.17. The molecule has 0 amide bonds. The third-order valence-corrected chi connectivity index (χ3v) is 2.27. The van der Waals surface area contributed by atoms with Crippen molar-refractivity contribution in [3.8, 4) is 0 Å². The lowest BCUT2D eigenvalue weighted by Gasteiger charge is -2.19. The highest BCUT2D eigenvalue weighted by molar-refractivity contribution is 6.29. The minimum absolute atomic E-state index is 0.362. The van der Waals surface area contributed by atoms with Crippen molar-refractivity contribution < 1.29 is 4.74 Å². The van der Waals surface area contributed by atoms with Gasteiger partial charge in [-0.15, -0.1) is 0 Å². The topological polar surface area (TPSA) is 21.3 Å². The van der Waals surface area contributed by atoms with E-state index in [1.165, 1.54) is 6.42 Å². The molecule has 1 rings (SSSR count). The summed E-state index contributed by atoms with van der Waals surface area (Å²) in [6.45, 7) is 7.31. The maximum absolute atomic E-state index is 5.63. The smallest absolute Gasteiger partial charge is 0.0726 e. The predicted octanol–water partition coefficient (Wildman–Crippen LogP) is 1.90. The van der Waals surface area contributed by atoms with E-state index in [4.69, 9.17) is 16.3 Å². The second-order valence-corrected chi connectivity index (χ2v) is 3.77. The zero-order valence-corrected chi connectivity index (χ0v) is 8.23. The molecule has 1 heterocycles. The molecule has 0 bridgehead atoms. The van der Waals surface area contributed by atoms with Crippen molar-refractivity contribution in [3.05, 3.63) is 11.6 Å². The van der Waals surface area contributed by atoms with Gasteiger partial charge in [0.25, 0.3) is 0 Å². The van der Waals surface area contributed by atoms with Crippen molar-refractivity contribution in [1.82, 2.24) is 5.32 Å². The van der Waals surface area contributed by atoms with Gasteiger partial charge in [-0.2, -0.15) is 0 Å². The van der Waals surface area contributed by atoms with Crippen LogP contribution in [0.3, 0.4) is 0 Å². The van der Waals surface area contributed by atoms with E-state index in [-0.39, 0.29) is 0 Å². The lowest BCUT2D eigenvalue weighted by atomic mass is 10.1. The molecule has 0 radical (unpaired) electrons. The summed E-state index contributed by atoms with van der Waals surface area (Å²) in [5.41, 5.74) is 0. The average molecular weight is 190 g/mol. The molecule has 3 heteroatoms. The van der Waals surface area contributed by atoms with Gasteiger partial charge in [0.05, 0.1) is 6.10 Å². The molecule has 0 aromatic rings. The van der Waals surface area contributed by atoms with Crippen LogP contribution in [-0.4, -0.2) is 25.3 Å². The van der Waals surface area contributed by atoms with Gasteiger partial charge in [0.15, 0.2) is 0 Å². The van der Waals surface area contributed by atoms with E-state index in [9.17, 15) is 0 Å². The summed E-state index contributed by atoms with van der Waals surface area (Å²) in [5, 5.41) is 3.92. The molecule has 1 saturated heterocycles. The number of ether oxygens (including phenoxy) is 1. The summed E-state index contributed by atoms with van der Waals surface area (Å²) in [5.74, 6) is 0. The van der Waals surface area contributed by atoms with E-state index in [0.717, 1.165) is 13.0 Å². The van der Waals surface area contributed by atoms with Crippen molar-refractivity contribution in [2.45, 2.75) is 31.9 Å². The summed E-state index contributed by atoms with van der Waals surface area (Å²) in [6, 6.07) is 0.378. The highest BCUT2D eigenvalue weighted by Gasteiger charge is 2.21. The molecular formula is C9H16ClNO. The zero-order chi connectivity index (χ0) is 8.97. The van der Waals surface area contributed by atoms with Gasteiger partial charge in [-0.1, -0.05) is 18.2 Å². The Labute approximate surface area is 78.9 Å². The Kier molecular flexibility index (Phi) is 4.06. The largest absolute Gasteiger partial charge is 0.377 e. The third-order valence-electron chi connectivity index (χ3n) is 2.14. The first-order valence-corrected chi connectivity index (χ1v) is 4.76. The summed E-state index contributed by atoms with van der Waals surface area (Å²) in [6.07, 6.45) is 2.70. The molecule has 2 unspecified atom stereocenters. The van der Waals surface area contributed by atoms with Crippen LogP contribution in [0.4, 0.5) is 0 Å². The fraction of sp³-hybridized carbons (Fsp3) is 0.778. The van der Waals surface area contributed by atoms with Gasteiger partial charge >= 0.3 is 0 Å². The first kappa shape index (κ1) is 10.0. The Morgan fingerprint density at radius 3 is 3.08 bits per heavy atom. The quantitative estimate of drug-likeness (QED) is 0.730. The molecule has 0 aromatic carbocycles. The van der Waals surface area contributed by atoms with Crippen LogP contribution in [0.5, 0.6) is 0 Å². The summed E-state index contributed by atoms with van der Waals surface area (Å²) in [7, 11) is 0. The Bertz CT molecular complexity index is 155. The van der Waals surface area contributed by atoms with Crippen molar-refractivity contribution in [3.63, 3.8) is 0 Å². The Morgan fingerprint density at radius 2 is 2.58 bits per heavy atom. The molecule has 12 heavy (non-hydrogen) atoms. The van der Waals surface area contributed by atoms with Crippen molar-refractivity contribution in [1.29, 1.82) is 0 Å². The number of rotatable bonds is 4. The predicted molar refractivity (Wildman–Crippen MR) is 51.4 cm³/mol. The Morgan fingerprint density at radius 1 is 1.83 bits per heavy atom. The lowest BCUT2D eigenvalue weighted by Crippen LogP contribution is -2.37. The standard InChI is InChI=1S/C9H16ClNO/c1-7(10)6-11-8(2)9-4-3-5-12-9/h8-9,11H,1,3-6H2,2H3. The van der Waals surface area contributed by atoms with Crippen LogP contribution >= 0.6 is 11.6 Å². The fourth-order valence-electron chi connectivity index (χ4n) is 1.40. The Hall–Kier alpha value is -0.0500. The van der Waals surface area contributed by atoms with Gasteiger partial charge in [0.2, 0.25) is 0 Å². The minimum atomic E-state index is 0.362. The first-order valence-electron chi connectivity index (χ1n) is 4.38. The minimum Gasteiger partial charge on any atom is -0.377 e. The second kappa shape index (κ2) is 4.85. The van der Waals surface area contributed by atoms with E-state index in [0.29, 0.717) is 23.7 Å². The van der Waals surface area contributed by atoms with Crippen molar-refractivity contribution in [2.75, 3.05) is 13.2 Å². The second-order valence-electron chi connectivity index (χ2n) is 3.24. The number of hydrogen-bond acceptors (Lipinski definition) is 2. The molecule has 1 fully saturated rings. The van der Waals surface area contributed by atoms with Gasteiger partial charge in [-0.25, -0.2) is 0 Å². The van der Waals surface area contributed by atoms with Crippen molar-refractivity contribution in [2.24, 2.45) is 0 Å². The van der Waals surface area contributed by atoms with Gasteiger partial charge < -0.3 is 10.1 Å². The molecule has 70 valence electrons. The lowest BCUT2D eigenvalue weighted by molar-refractivity contribution is 0.0848. The molecule has 0 aromatic heterocycles. The van der Waals surface area contributed by atoms with E-state index < -0.39 is 0 Å². The monoisotopic (exact) mass is 189 g/mol. The SMILES string of the molecule is C=C(Cl)CNC(C)C1CCCO1. The molecule has 2 atom stereocenters. The van der Waals surface area contributed by atoms with Gasteiger partial charge in [0, 0.05) is 24.2 Å². The molecule has 0 aliphatic carbocycles. The molecule has 0 spiro atoms. The molecule has 1 N–H and O–H groups in total. The fourth-order valence-corrected chi connectivity index (χ4v) is 1.48. The van der Waals surface area contributed by atoms with Gasteiger partial charge in [-0.3, -0.25) is 0 Å². The van der Waals surface area contributed by atoms with E-state index in [2.05, 4.69) is 18.8 Å². The highest BCUT2D eigenvalue weighted by Crippen LogP contribution is 2.15. The number of hydrogen-bond donors (Lipinski definition) is 1. The maximum Gasteiger partial charge on any atom is 0.0726 e. The van der Waals surface area contributed by atoms with Crippen LogP contribution in [0.1, 0.15) is 19.8 Å². The molecule has 1 aliphatic rings. The third kappa shape index (κ3) is 3.13. The first-order chi connectivity index (χ1) is 5.70. The van der Waals surface area contributed by atoms with E-state index >= 15 is 0 Å². The highest BCUT2D eigenvalue weighted by atomic mass is 35.5.